The fourth-order valence-electron chi connectivity index (χ4n) is 2.64. The second-order valence-electron chi connectivity index (χ2n) is 5.74. The molecule has 3 N–H and O–H groups in total. The van der Waals surface area contributed by atoms with E-state index >= 15 is 0 Å². The third kappa shape index (κ3) is 4.96. The summed E-state index contributed by atoms with van der Waals surface area (Å²) in [6.45, 7) is 0.259. The largest absolute Gasteiger partial charge is 0.324 e. The highest BCUT2D eigenvalue weighted by molar-refractivity contribution is 7.89. The number of nitriles is 1. The molecule has 0 spiro atoms. The summed E-state index contributed by atoms with van der Waals surface area (Å²) in [6.07, 6.45) is 6.14. The van der Waals surface area contributed by atoms with Crippen LogP contribution in [0.25, 0.3) is 0 Å². The molecule has 5 nitrogen and oxygen atoms in total. The highest BCUT2D eigenvalue weighted by Crippen LogP contribution is 2.24. The van der Waals surface area contributed by atoms with Crippen molar-refractivity contribution in [1.29, 1.82) is 5.26 Å². The zero-order valence-electron chi connectivity index (χ0n) is 12.4. The Bertz CT molecular complexity index is 615. The lowest BCUT2D eigenvalue weighted by molar-refractivity contribution is 0.369. The van der Waals surface area contributed by atoms with Gasteiger partial charge in [0, 0.05) is 12.1 Å². The molecule has 0 aromatic heterocycles. The Balaban J connectivity index is 0.00000242. The van der Waals surface area contributed by atoms with Crippen LogP contribution in [0.4, 0.5) is 0 Å². The molecule has 0 radical (unpaired) electrons. The van der Waals surface area contributed by atoms with Crippen LogP contribution in [0.2, 0.25) is 0 Å². The summed E-state index contributed by atoms with van der Waals surface area (Å²) < 4.78 is 27.1. The predicted octanol–water partition coefficient (Wildman–Crippen LogP) is 2.31. The molecule has 122 valence electrons. The lowest BCUT2D eigenvalue weighted by Gasteiger charge is -2.28. The number of nitrogens with two attached hydrogens (primary N) is 1. The van der Waals surface area contributed by atoms with Gasteiger partial charge in [-0.25, -0.2) is 13.1 Å². The van der Waals surface area contributed by atoms with E-state index in [2.05, 4.69) is 4.72 Å². The first kappa shape index (κ1) is 18.9. The Hall–Kier alpha value is -1.13. The average molecular weight is 344 g/mol. The molecule has 1 aromatic carbocycles. The zero-order valence-corrected chi connectivity index (χ0v) is 14.0. The van der Waals surface area contributed by atoms with Crippen LogP contribution in [0.15, 0.2) is 29.2 Å². The molecule has 22 heavy (non-hydrogen) atoms. The second kappa shape index (κ2) is 7.93. The van der Waals surface area contributed by atoms with Crippen molar-refractivity contribution < 1.29 is 8.42 Å². The first-order valence-electron chi connectivity index (χ1n) is 7.24. The monoisotopic (exact) mass is 343 g/mol. The van der Waals surface area contributed by atoms with Gasteiger partial charge < -0.3 is 5.73 Å². The van der Waals surface area contributed by atoms with Gasteiger partial charge in [-0.1, -0.05) is 25.7 Å². The lowest BCUT2D eigenvalue weighted by Crippen LogP contribution is -2.49. The average Bonchev–Trinajstić information content (AvgIpc) is 2.71. The summed E-state index contributed by atoms with van der Waals surface area (Å²) in [6, 6.07) is 7.85. The number of nitrogens with one attached hydrogen (secondary N) is 1. The van der Waals surface area contributed by atoms with E-state index in [0.717, 1.165) is 25.7 Å². The van der Waals surface area contributed by atoms with Crippen LogP contribution in [-0.2, 0) is 10.0 Å². The number of hydrogen-bond donors (Lipinski definition) is 2. The number of halogens is 1. The van der Waals surface area contributed by atoms with Crippen LogP contribution in [0, 0.1) is 11.3 Å². The highest BCUT2D eigenvalue weighted by Gasteiger charge is 2.28. The summed E-state index contributed by atoms with van der Waals surface area (Å²) in [4.78, 5) is 0.165. The van der Waals surface area contributed by atoms with Crippen LogP contribution in [-0.4, -0.2) is 20.5 Å². The minimum atomic E-state index is -3.57. The predicted molar refractivity (Wildman–Crippen MR) is 88.2 cm³/mol. The van der Waals surface area contributed by atoms with Crippen molar-refractivity contribution in [3.63, 3.8) is 0 Å². The van der Waals surface area contributed by atoms with Crippen molar-refractivity contribution in [2.75, 3.05) is 6.54 Å². The third-order valence-electron chi connectivity index (χ3n) is 4.01. The van der Waals surface area contributed by atoms with Gasteiger partial charge >= 0.3 is 0 Å². The van der Waals surface area contributed by atoms with Crippen LogP contribution in [0.5, 0.6) is 0 Å². The molecular formula is C15H22ClN3O2S. The van der Waals surface area contributed by atoms with Gasteiger partial charge in [0.2, 0.25) is 10.0 Å². The van der Waals surface area contributed by atoms with Gasteiger partial charge in [-0.3, -0.25) is 0 Å². The van der Waals surface area contributed by atoms with Crippen molar-refractivity contribution >= 4 is 22.4 Å². The van der Waals surface area contributed by atoms with Crippen molar-refractivity contribution in [3.05, 3.63) is 29.8 Å². The third-order valence-corrected chi connectivity index (χ3v) is 5.42. The van der Waals surface area contributed by atoms with E-state index < -0.39 is 15.6 Å². The van der Waals surface area contributed by atoms with Gasteiger partial charge in [-0.2, -0.15) is 5.26 Å². The van der Waals surface area contributed by atoms with Crippen molar-refractivity contribution in [2.45, 2.75) is 49.0 Å². The molecule has 7 heteroatoms. The summed E-state index contributed by atoms with van der Waals surface area (Å²) in [5.41, 5.74) is 6.31. The Labute approximate surface area is 138 Å². The number of benzene rings is 1. The van der Waals surface area contributed by atoms with Gasteiger partial charge in [0.1, 0.15) is 0 Å². The first-order valence-corrected chi connectivity index (χ1v) is 8.72. The molecule has 2 rings (SSSR count). The smallest absolute Gasteiger partial charge is 0.240 e. The number of sulfonamides is 1. The fraction of sp³-hybridized carbons (Fsp3) is 0.533. The molecule has 0 amide bonds. The molecule has 0 atom stereocenters. The number of hydrogen-bond acceptors (Lipinski definition) is 4. The van der Waals surface area contributed by atoms with E-state index in [0.29, 0.717) is 5.56 Å². The second-order valence-corrected chi connectivity index (χ2v) is 7.50. The maximum Gasteiger partial charge on any atom is 0.240 e. The fourth-order valence-corrected chi connectivity index (χ4v) is 3.78. The Morgan fingerprint density at radius 3 is 2.18 bits per heavy atom. The molecule has 0 saturated heterocycles. The zero-order chi connectivity index (χ0) is 15.3. The molecule has 1 aliphatic carbocycles. The minimum absolute atomic E-state index is 0. The summed E-state index contributed by atoms with van der Waals surface area (Å²) in [7, 11) is -3.57. The quantitative estimate of drug-likeness (QED) is 0.820. The Morgan fingerprint density at radius 2 is 1.68 bits per heavy atom. The van der Waals surface area contributed by atoms with Gasteiger partial charge in [-0.05, 0) is 37.1 Å². The molecule has 0 bridgehead atoms. The van der Waals surface area contributed by atoms with Crippen molar-refractivity contribution in [1.82, 2.24) is 4.72 Å². The summed E-state index contributed by atoms with van der Waals surface area (Å²) in [5, 5.41) is 8.73. The van der Waals surface area contributed by atoms with E-state index in [4.69, 9.17) is 11.0 Å². The summed E-state index contributed by atoms with van der Waals surface area (Å²) >= 11 is 0. The van der Waals surface area contributed by atoms with E-state index in [1.54, 1.807) is 0 Å². The van der Waals surface area contributed by atoms with Crippen LogP contribution in [0.1, 0.15) is 44.1 Å². The van der Waals surface area contributed by atoms with E-state index in [9.17, 15) is 8.42 Å². The first-order chi connectivity index (χ1) is 9.95. The van der Waals surface area contributed by atoms with Crippen LogP contribution >= 0.6 is 12.4 Å². The normalized spacial score (nSPS) is 17.8. The molecule has 0 aliphatic heterocycles. The topological polar surface area (TPSA) is 96.0 Å². The molecule has 0 heterocycles. The molecule has 1 saturated carbocycles. The standard InChI is InChI=1S/C15H21N3O2S.ClH/c16-11-13-5-7-14(8-6-13)21(19,20)18-12-15(17)9-3-1-2-4-10-15;/h5-8,18H,1-4,9-10,12,17H2;1H. The molecule has 1 aromatic rings. The highest BCUT2D eigenvalue weighted by atomic mass is 35.5. The van der Waals surface area contributed by atoms with Crippen molar-refractivity contribution in [3.8, 4) is 6.07 Å². The molecule has 0 unspecified atom stereocenters. The SMILES string of the molecule is Cl.N#Cc1ccc(S(=O)(=O)NCC2(N)CCCCCC2)cc1. The van der Waals surface area contributed by atoms with E-state index in [-0.39, 0.29) is 23.8 Å². The lowest BCUT2D eigenvalue weighted by atomic mass is 9.92. The molecular weight excluding hydrogens is 322 g/mol. The minimum Gasteiger partial charge on any atom is -0.324 e. The van der Waals surface area contributed by atoms with Gasteiger partial charge in [-0.15, -0.1) is 12.4 Å². The van der Waals surface area contributed by atoms with Gasteiger partial charge in [0.05, 0.1) is 16.5 Å². The molecule has 1 fully saturated rings. The van der Waals surface area contributed by atoms with E-state index in [1.165, 1.54) is 37.1 Å². The number of nitrogens with zero attached hydrogens (tertiary/aromatic N) is 1. The number of rotatable bonds is 4. The maximum absolute atomic E-state index is 12.3. The van der Waals surface area contributed by atoms with Gasteiger partial charge in [0.15, 0.2) is 0 Å². The van der Waals surface area contributed by atoms with Crippen molar-refractivity contribution in [2.24, 2.45) is 5.73 Å². The molecule has 1 aliphatic rings. The summed E-state index contributed by atoms with van der Waals surface area (Å²) in [5.74, 6) is 0. The Kier molecular flexibility index (Phi) is 6.82. The van der Waals surface area contributed by atoms with Crippen LogP contribution in [0.3, 0.4) is 0 Å². The Morgan fingerprint density at radius 1 is 1.14 bits per heavy atom. The van der Waals surface area contributed by atoms with Crippen LogP contribution < -0.4 is 10.5 Å². The maximum atomic E-state index is 12.3. The van der Waals surface area contributed by atoms with E-state index in [1.807, 2.05) is 6.07 Å². The van der Waals surface area contributed by atoms with Gasteiger partial charge in [0.25, 0.3) is 0 Å².